The minimum absolute atomic E-state index is 0.0440. The maximum Gasteiger partial charge on any atom is 0.419 e. The van der Waals surface area contributed by atoms with E-state index >= 15 is 0 Å². The summed E-state index contributed by atoms with van der Waals surface area (Å²) in [6.07, 6.45) is -3.09. The van der Waals surface area contributed by atoms with Crippen molar-refractivity contribution in [3.05, 3.63) is 59.4 Å². The molecule has 0 saturated heterocycles. The first-order chi connectivity index (χ1) is 12.8. The average Bonchev–Trinajstić information content (AvgIpc) is 3.23. The maximum atomic E-state index is 13.5. The number of benzene rings is 1. The SMILES string of the molecule is CCCCOc1c(C2=C(N)OC(c3ccco3)C2=O)cccc1C(F)(F)F. The van der Waals surface area contributed by atoms with Gasteiger partial charge in [0.05, 0.1) is 24.0 Å². The fourth-order valence-corrected chi connectivity index (χ4v) is 2.82. The molecule has 0 aliphatic carbocycles. The second-order valence-corrected chi connectivity index (χ2v) is 6.00. The predicted molar refractivity (Wildman–Crippen MR) is 90.5 cm³/mol. The third kappa shape index (κ3) is 3.65. The summed E-state index contributed by atoms with van der Waals surface area (Å²) in [5, 5.41) is 0. The van der Waals surface area contributed by atoms with Crippen molar-refractivity contribution in [3.8, 4) is 5.75 Å². The average molecular weight is 381 g/mol. The van der Waals surface area contributed by atoms with Crippen LogP contribution in [0, 0.1) is 0 Å². The molecule has 0 spiro atoms. The van der Waals surface area contributed by atoms with Crippen molar-refractivity contribution in [2.24, 2.45) is 5.73 Å². The molecule has 27 heavy (non-hydrogen) atoms. The summed E-state index contributed by atoms with van der Waals surface area (Å²) < 4.78 is 56.3. The Hall–Kier alpha value is -2.90. The Bertz CT molecular complexity index is 856. The first-order valence-corrected chi connectivity index (χ1v) is 8.42. The van der Waals surface area contributed by atoms with Crippen LogP contribution in [0.3, 0.4) is 0 Å². The standard InChI is InChI=1S/C19H18F3NO4/c1-2-3-9-26-16-11(6-4-7-12(16)19(20,21)22)14-15(24)17(27-18(14)23)13-8-5-10-25-13/h4-8,10,17H,2-3,9,23H2,1H3. The highest BCUT2D eigenvalue weighted by Crippen LogP contribution is 2.44. The Kier molecular flexibility index (Phi) is 5.16. The molecule has 0 fully saturated rings. The molecule has 144 valence electrons. The number of Topliss-reactive ketones (excluding diaryl/α,β-unsaturated/α-hetero) is 1. The highest BCUT2D eigenvalue weighted by Gasteiger charge is 2.42. The predicted octanol–water partition coefficient (Wildman–Crippen LogP) is 4.45. The van der Waals surface area contributed by atoms with Gasteiger partial charge in [0.2, 0.25) is 11.9 Å². The minimum atomic E-state index is -4.64. The summed E-state index contributed by atoms with van der Waals surface area (Å²) in [6.45, 7) is 1.98. The van der Waals surface area contributed by atoms with Gasteiger partial charge in [0.25, 0.3) is 0 Å². The molecule has 1 aliphatic rings. The first kappa shape index (κ1) is 18.9. The Morgan fingerprint density at radius 3 is 2.63 bits per heavy atom. The third-order valence-electron chi connectivity index (χ3n) is 4.11. The van der Waals surface area contributed by atoms with Gasteiger partial charge in [-0.25, -0.2) is 0 Å². The number of carbonyl (C=O) groups is 1. The van der Waals surface area contributed by atoms with Crippen LogP contribution in [-0.2, 0) is 15.7 Å². The number of hydrogen-bond acceptors (Lipinski definition) is 5. The van der Waals surface area contributed by atoms with E-state index in [1.54, 1.807) is 6.07 Å². The maximum absolute atomic E-state index is 13.5. The van der Waals surface area contributed by atoms with Gasteiger partial charge in [-0.2, -0.15) is 13.2 Å². The Morgan fingerprint density at radius 2 is 2.00 bits per heavy atom. The third-order valence-corrected chi connectivity index (χ3v) is 4.11. The van der Waals surface area contributed by atoms with Crippen LogP contribution in [0.2, 0.25) is 0 Å². The number of ether oxygens (including phenoxy) is 2. The van der Waals surface area contributed by atoms with Gasteiger partial charge < -0.3 is 19.6 Å². The molecule has 8 heteroatoms. The Labute approximate surface area is 153 Å². The van der Waals surface area contributed by atoms with Gasteiger partial charge in [0.15, 0.2) is 11.6 Å². The number of alkyl halides is 3. The topological polar surface area (TPSA) is 74.7 Å². The molecule has 2 heterocycles. The quantitative estimate of drug-likeness (QED) is 0.749. The number of rotatable bonds is 6. The van der Waals surface area contributed by atoms with Gasteiger partial charge in [0.1, 0.15) is 5.75 Å². The van der Waals surface area contributed by atoms with Crippen LogP contribution in [-0.4, -0.2) is 12.4 Å². The normalized spacial score (nSPS) is 17.3. The molecular formula is C19H18F3NO4. The molecule has 0 bridgehead atoms. The van der Waals surface area contributed by atoms with Crippen molar-refractivity contribution in [3.63, 3.8) is 0 Å². The van der Waals surface area contributed by atoms with Crippen LogP contribution in [0.4, 0.5) is 13.2 Å². The lowest BCUT2D eigenvalue weighted by Crippen LogP contribution is -2.13. The number of para-hydroxylation sites is 1. The van der Waals surface area contributed by atoms with Gasteiger partial charge in [-0.1, -0.05) is 25.5 Å². The molecule has 1 unspecified atom stereocenters. The zero-order valence-corrected chi connectivity index (χ0v) is 14.5. The summed E-state index contributed by atoms with van der Waals surface area (Å²) in [4.78, 5) is 12.8. The Balaban J connectivity index is 2.05. The zero-order chi connectivity index (χ0) is 19.6. The van der Waals surface area contributed by atoms with Crippen molar-refractivity contribution >= 4 is 11.4 Å². The molecule has 0 amide bonds. The molecule has 1 atom stereocenters. The summed E-state index contributed by atoms with van der Waals surface area (Å²) >= 11 is 0. The molecule has 0 radical (unpaired) electrons. The van der Waals surface area contributed by atoms with E-state index in [1.165, 1.54) is 24.5 Å². The lowest BCUT2D eigenvalue weighted by atomic mass is 9.96. The lowest BCUT2D eigenvalue weighted by molar-refractivity contribution is -0.139. The fourth-order valence-electron chi connectivity index (χ4n) is 2.82. The largest absolute Gasteiger partial charge is 0.492 e. The summed E-state index contributed by atoms with van der Waals surface area (Å²) in [7, 11) is 0. The van der Waals surface area contributed by atoms with Crippen LogP contribution in [0.5, 0.6) is 5.75 Å². The molecule has 1 aromatic heterocycles. The molecule has 0 saturated carbocycles. The number of nitrogens with two attached hydrogens (primary N) is 1. The van der Waals surface area contributed by atoms with Crippen molar-refractivity contribution in [2.75, 3.05) is 6.61 Å². The minimum Gasteiger partial charge on any atom is -0.492 e. The van der Waals surface area contributed by atoms with E-state index in [2.05, 4.69) is 0 Å². The van der Waals surface area contributed by atoms with Crippen molar-refractivity contribution in [2.45, 2.75) is 32.0 Å². The van der Waals surface area contributed by atoms with Gasteiger partial charge in [-0.3, -0.25) is 4.79 Å². The van der Waals surface area contributed by atoms with E-state index in [0.29, 0.717) is 6.42 Å². The number of ketones is 1. The molecule has 1 aromatic carbocycles. The van der Waals surface area contributed by atoms with E-state index in [9.17, 15) is 18.0 Å². The van der Waals surface area contributed by atoms with Crippen molar-refractivity contribution < 1.29 is 31.9 Å². The lowest BCUT2D eigenvalue weighted by Gasteiger charge is -2.17. The van der Waals surface area contributed by atoms with Crippen LogP contribution in [0.15, 0.2) is 46.9 Å². The van der Waals surface area contributed by atoms with E-state index in [-0.39, 0.29) is 29.4 Å². The van der Waals surface area contributed by atoms with Crippen molar-refractivity contribution in [1.82, 2.24) is 0 Å². The van der Waals surface area contributed by atoms with Gasteiger partial charge in [-0.15, -0.1) is 0 Å². The Morgan fingerprint density at radius 1 is 1.22 bits per heavy atom. The summed E-state index contributed by atoms with van der Waals surface area (Å²) in [5.74, 6) is -1.05. The molecule has 1 aliphatic heterocycles. The van der Waals surface area contributed by atoms with E-state index in [0.717, 1.165) is 12.5 Å². The molecule has 2 N–H and O–H groups in total. The van der Waals surface area contributed by atoms with Crippen LogP contribution in [0.1, 0.15) is 42.8 Å². The highest BCUT2D eigenvalue weighted by atomic mass is 19.4. The van der Waals surface area contributed by atoms with Crippen LogP contribution >= 0.6 is 0 Å². The second kappa shape index (κ2) is 7.38. The highest BCUT2D eigenvalue weighted by molar-refractivity contribution is 6.25. The number of hydrogen-bond donors (Lipinski definition) is 1. The van der Waals surface area contributed by atoms with Crippen molar-refractivity contribution in [1.29, 1.82) is 0 Å². The van der Waals surface area contributed by atoms with Gasteiger partial charge >= 0.3 is 6.18 Å². The number of halogens is 3. The fraction of sp³-hybridized carbons (Fsp3) is 0.316. The van der Waals surface area contributed by atoms with E-state index in [1.807, 2.05) is 6.92 Å². The first-order valence-electron chi connectivity index (χ1n) is 8.42. The van der Waals surface area contributed by atoms with Crippen LogP contribution in [0.25, 0.3) is 5.57 Å². The molecule has 5 nitrogen and oxygen atoms in total. The smallest absolute Gasteiger partial charge is 0.419 e. The summed E-state index contributed by atoms with van der Waals surface area (Å²) in [6, 6.07) is 6.59. The second-order valence-electron chi connectivity index (χ2n) is 6.00. The molecule has 3 rings (SSSR count). The van der Waals surface area contributed by atoms with E-state index < -0.39 is 29.4 Å². The van der Waals surface area contributed by atoms with Gasteiger partial charge in [0, 0.05) is 5.56 Å². The van der Waals surface area contributed by atoms with E-state index in [4.69, 9.17) is 19.6 Å². The number of unbranched alkanes of at least 4 members (excludes halogenated alkanes) is 1. The van der Waals surface area contributed by atoms with Crippen LogP contribution < -0.4 is 10.5 Å². The molecular weight excluding hydrogens is 363 g/mol. The summed E-state index contributed by atoms with van der Waals surface area (Å²) in [5.41, 5.74) is 4.68. The number of carbonyl (C=O) groups excluding carboxylic acids is 1. The molecule has 2 aromatic rings. The monoisotopic (exact) mass is 381 g/mol. The van der Waals surface area contributed by atoms with Gasteiger partial charge in [-0.05, 0) is 24.6 Å². The zero-order valence-electron chi connectivity index (χ0n) is 14.5. The number of furan rings is 1.